The van der Waals surface area contributed by atoms with Crippen LogP contribution in [0.4, 0.5) is 8.78 Å². The van der Waals surface area contributed by atoms with Crippen molar-refractivity contribution < 1.29 is 26.7 Å². The van der Waals surface area contributed by atoms with E-state index in [0.717, 1.165) is 5.56 Å². The van der Waals surface area contributed by atoms with Crippen molar-refractivity contribution in [2.24, 2.45) is 5.92 Å². The Hall–Kier alpha value is -2.52. The molecule has 0 aliphatic carbocycles. The van der Waals surface area contributed by atoms with Crippen molar-refractivity contribution in [3.63, 3.8) is 0 Å². The molecule has 3 rings (SSSR count). The molecule has 1 aliphatic heterocycles. The highest BCUT2D eigenvalue weighted by Crippen LogP contribution is 2.30. The molecular formula is C23H28F2N2O4S. The van der Waals surface area contributed by atoms with Crippen LogP contribution in [0.5, 0.6) is 5.75 Å². The molecule has 2 aromatic rings. The minimum atomic E-state index is -3.60. The van der Waals surface area contributed by atoms with Gasteiger partial charge in [-0.15, -0.1) is 0 Å². The van der Waals surface area contributed by atoms with Gasteiger partial charge in [0.15, 0.2) is 0 Å². The SMILES string of the molecule is CCC(NC(=O)C1CCN(S(=O)(=O)c2ccc(C)cc2)CC1)c1ccccc1OC(F)F. The van der Waals surface area contributed by atoms with E-state index in [1.54, 1.807) is 42.5 Å². The summed E-state index contributed by atoms with van der Waals surface area (Å²) < 4.78 is 57.2. The second kappa shape index (κ2) is 10.4. The third-order valence-electron chi connectivity index (χ3n) is 5.72. The number of hydrogen-bond donors (Lipinski definition) is 1. The number of aryl methyl sites for hydroxylation is 1. The molecule has 32 heavy (non-hydrogen) atoms. The van der Waals surface area contributed by atoms with E-state index in [0.29, 0.717) is 24.8 Å². The Bertz CT molecular complexity index is 1020. The van der Waals surface area contributed by atoms with Crippen LogP contribution in [0.2, 0.25) is 0 Å². The van der Waals surface area contributed by atoms with Crippen molar-refractivity contribution in [1.29, 1.82) is 0 Å². The number of ether oxygens (including phenoxy) is 1. The van der Waals surface area contributed by atoms with E-state index in [4.69, 9.17) is 0 Å². The molecule has 1 fully saturated rings. The topological polar surface area (TPSA) is 75.7 Å². The molecule has 174 valence electrons. The predicted molar refractivity (Wildman–Crippen MR) is 117 cm³/mol. The van der Waals surface area contributed by atoms with Crippen LogP contribution in [0.15, 0.2) is 53.4 Å². The Labute approximate surface area is 187 Å². The van der Waals surface area contributed by atoms with E-state index in [2.05, 4.69) is 10.1 Å². The summed E-state index contributed by atoms with van der Waals surface area (Å²) in [5, 5.41) is 2.93. The predicted octanol–water partition coefficient (Wildman–Crippen LogP) is 4.26. The first-order valence-corrected chi connectivity index (χ1v) is 12.1. The lowest BCUT2D eigenvalue weighted by atomic mass is 9.95. The minimum Gasteiger partial charge on any atom is -0.434 e. The van der Waals surface area contributed by atoms with Gasteiger partial charge in [0.2, 0.25) is 15.9 Å². The van der Waals surface area contributed by atoms with Crippen LogP contribution in [-0.4, -0.2) is 38.3 Å². The number of hydrogen-bond acceptors (Lipinski definition) is 4. The molecule has 1 aliphatic rings. The maximum Gasteiger partial charge on any atom is 0.387 e. The number of amides is 1. The van der Waals surface area contributed by atoms with Gasteiger partial charge in [-0.05, 0) is 44.4 Å². The normalized spacial score (nSPS) is 16.7. The third kappa shape index (κ3) is 5.63. The fraction of sp³-hybridized carbons (Fsp3) is 0.435. The fourth-order valence-corrected chi connectivity index (χ4v) is 5.35. The van der Waals surface area contributed by atoms with Crippen molar-refractivity contribution in [2.45, 2.75) is 50.7 Å². The Morgan fingerprint density at radius 3 is 2.34 bits per heavy atom. The van der Waals surface area contributed by atoms with E-state index in [1.165, 1.54) is 10.4 Å². The Morgan fingerprint density at radius 2 is 1.75 bits per heavy atom. The molecule has 0 spiro atoms. The molecule has 0 radical (unpaired) electrons. The number of nitrogens with one attached hydrogen (secondary N) is 1. The first kappa shape index (κ1) is 24.1. The number of rotatable bonds is 8. The Morgan fingerprint density at radius 1 is 1.12 bits per heavy atom. The van der Waals surface area contributed by atoms with E-state index >= 15 is 0 Å². The van der Waals surface area contributed by atoms with Crippen LogP contribution in [0.3, 0.4) is 0 Å². The number of sulfonamides is 1. The second-order valence-corrected chi connectivity index (χ2v) is 9.82. The number of alkyl halides is 2. The van der Waals surface area contributed by atoms with Crippen LogP contribution in [-0.2, 0) is 14.8 Å². The van der Waals surface area contributed by atoms with Gasteiger partial charge < -0.3 is 10.1 Å². The zero-order valence-electron chi connectivity index (χ0n) is 18.1. The van der Waals surface area contributed by atoms with Crippen molar-refractivity contribution in [2.75, 3.05) is 13.1 Å². The van der Waals surface area contributed by atoms with Crippen LogP contribution in [0.1, 0.15) is 43.4 Å². The number of benzene rings is 2. The van der Waals surface area contributed by atoms with Gasteiger partial charge in [0.05, 0.1) is 10.9 Å². The maximum atomic E-state index is 12.9. The van der Waals surface area contributed by atoms with Gasteiger partial charge in [-0.25, -0.2) is 8.42 Å². The molecule has 1 heterocycles. The van der Waals surface area contributed by atoms with Gasteiger partial charge in [-0.2, -0.15) is 13.1 Å². The molecule has 1 unspecified atom stereocenters. The van der Waals surface area contributed by atoms with Gasteiger partial charge in [0.1, 0.15) is 5.75 Å². The third-order valence-corrected chi connectivity index (χ3v) is 7.63. The first-order chi connectivity index (χ1) is 15.2. The molecule has 6 nitrogen and oxygen atoms in total. The summed E-state index contributed by atoms with van der Waals surface area (Å²) in [6.45, 7) is 1.28. The van der Waals surface area contributed by atoms with Crippen molar-refractivity contribution in [3.05, 3.63) is 59.7 Å². The van der Waals surface area contributed by atoms with E-state index in [9.17, 15) is 22.0 Å². The standard InChI is InChI=1S/C23H28F2N2O4S/c1-3-20(19-6-4-5-7-21(19)31-23(24)25)26-22(28)17-12-14-27(15-13-17)32(29,30)18-10-8-16(2)9-11-18/h4-11,17,20,23H,3,12-15H2,1-2H3,(H,26,28). The quantitative estimate of drug-likeness (QED) is 0.631. The van der Waals surface area contributed by atoms with Crippen LogP contribution < -0.4 is 10.1 Å². The Balaban J connectivity index is 1.63. The number of carbonyl (C=O) groups is 1. The monoisotopic (exact) mass is 466 g/mol. The van der Waals surface area contributed by atoms with Gasteiger partial charge in [0, 0.05) is 24.6 Å². The summed E-state index contributed by atoms with van der Waals surface area (Å²) in [5.74, 6) is -0.526. The minimum absolute atomic E-state index is 0.0358. The highest BCUT2D eigenvalue weighted by Gasteiger charge is 2.33. The molecule has 1 atom stereocenters. The lowest BCUT2D eigenvalue weighted by molar-refractivity contribution is -0.126. The van der Waals surface area contributed by atoms with Crippen LogP contribution in [0.25, 0.3) is 0 Å². The molecule has 9 heteroatoms. The molecule has 2 aromatic carbocycles. The van der Waals surface area contributed by atoms with Crippen LogP contribution in [0, 0.1) is 12.8 Å². The van der Waals surface area contributed by atoms with Gasteiger partial charge >= 0.3 is 6.61 Å². The van der Waals surface area contributed by atoms with E-state index in [1.807, 2.05) is 13.8 Å². The van der Waals surface area contributed by atoms with Crippen LogP contribution >= 0.6 is 0 Å². The molecule has 0 aromatic heterocycles. The van der Waals surface area contributed by atoms with E-state index < -0.39 is 22.7 Å². The molecule has 1 amide bonds. The summed E-state index contributed by atoms with van der Waals surface area (Å²) in [6, 6.07) is 12.6. The smallest absolute Gasteiger partial charge is 0.387 e. The van der Waals surface area contributed by atoms with E-state index in [-0.39, 0.29) is 35.6 Å². The van der Waals surface area contributed by atoms with Gasteiger partial charge in [-0.3, -0.25) is 4.79 Å². The highest BCUT2D eigenvalue weighted by molar-refractivity contribution is 7.89. The molecule has 0 saturated carbocycles. The van der Waals surface area contributed by atoms with Crippen molar-refractivity contribution in [3.8, 4) is 5.75 Å². The lowest BCUT2D eigenvalue weighted by Crippen LogP contribution is -2.43. The lowest BCUT2D eigenvalue weighted by Gasteiger charge is -2.31. The summed E-state index contributed by atoms with van der Waals surface area (Å²) in [7, 11) is -3.60. The second-order valence-electron chi connectivity index (χ2n) is 7.88. The maximum absolute atomic E-state index is 12.9. The molecular weight excluding hydrogens is 438 g/mol. The average molecular weight is 467 g/mol. The largest absolute Gasteiger partial charge is 0.434 e. The average Bonchev–Trinajstić information content (AvgIpc) is 2.78. The summed E-state index contributed by atoms with van der Waals surface area (Å²) in [5.41, 5.74) is 1.47. The summed E-state index contributed by atoms with van der Waals surface area (Å²) >= 11 is 0. The van der Waals surface area contributed by atoms with Crippen molar-refractivity contribution in [1.82, 2.24) is 9.62 Å². The molecule has 0 bridgehead atoms. The number of halogens is 2. The number of piperidine rings is 1. The Kier molecular flexibility index (Phi) is 7.84. The number of para-hydroxylation sites is 1. The summed E-state index contributed by atoms with van der Waals surface area (Å²) in [4.78, 5) is 13.1. The number of nitrogens with zero attached hydrogens (tertiary/aromatic N) is 1. The highest BCUT2D eigenvalue weighted by atomic mass is 32.2. The van der Waals surface area contributed by atoms with Gasteiger partial charge in [0.25, 0.3) is 0 Å². The zero-order chi connectivity index (χ0) is 23.3. The fourth-order valence-electron chi connectivity index (χ4n) is 3.88. The molecule has 1 saturated heterocycles. The summed E-state index contributed by atoms with van der Waals surface area (Å²) in [6.07, 6.45) is 1.28. The zero-order valence-corrected chi connectivity index (χ0v) is 18.9. The number of carbonyl (C=O) groups excluding carboxylic acids is 1. The molecule has 1 N–H and O–H groups in total. The van der Waals surface area contributed by atoms with Gasteiger partial charge in [-0.1, -0.05) is 42.8 Å². The van der Waals surface area contributed by atoms with Crippen molar-refractivity contribution >= 4 is 15.9 Å². The first-order valence-electron chi connectivity index (χ1n) is 10.6.